The highest BCUT2D eigenvalue weighted by molar-refractivity contribution is 7.13. The first-order valence-electron chi connectivity index (χ1n) is 6.75. The molecule has 2 aromatic rings. The van der Waals surface area contributed by atoms with Crippen molar-refractivity contribution >= 4 is 39.9 Å². The number of halogens is 1. The third kappa shape index (κ3) is 5.54. The molecular weight excluding hydrogens is 340 g/mol. The van der Waals surface area contributed by atoms with E-state index in [2.05, 4.69) is 10.3 Å². The van der Waals surface area contributed by atoms with Crippen LogP contribution in [0, 0.1) is 0 Å². The lowest BCUT2D eigenvalue weighted by Gasteiger charge is -2.13. The Morgan fingerprint density at radius 3 is 2.91 bits per heavy atom. The van der Waals surface area contributed by atoms with Crippen molar-refractivity contribution in [2.45, 2.75) is 26.6 Å². The molecule has 0 bridgehead atoms. The molecule has 1 aromatic heterocycles. The van der Waals surface area contributed by atoms with Crippen molar-refractivity contribution in [2.75, 3.05) is 5.32 Å². The number of thiazole rings is 1. The molecular formula is C15H15ClN2O4S. The fourth-order valence-corrected chi connectivity index (χ4v) is 2.56. The molecule has 0 radical (unpaired) electrons. The maximum atomic E-state index is 11.9. The van der Waals surface area contributed by atoms with Crippen molar-refractivity contribution in [1.29, 1.82) is 0 Å². The van der Waals surface area contributed by atoms with E-state index in [0.717, 1.165) is 0 Å². The minimum absolute atomic E-state index is 0.0121. The Balaban J connectivity index is 1.84. The van der Waals surface area contributed by atoms with Crippen molar-refractivity contribution in [2.24, 2.45) is 0 Å². The standard InChI is InChI=1S/C15H15ClN2O4S/c1-9(22-13-5-3-4-11(16)6-13)14(20)21-7-12-8-23-15(18-12)17-10(2)19/h3-6,8-9H,7H2,1-2H3,(H,17,18,19). The molecule has 0 aliphatic heterocycles. The minimum Gasteiger partial charge on any atom is -0.479 e. The van der Waals surface area contributed by atoms with Gasteiger partial charge in [0.05, 0.1) is 5.69 Å². The topological polar surface area (TPSA) is 77.5 Å². The predicted octanol–water partition coefficient (Wildman–Crippen LogP) is 3.27. The first-order chi connectivity index (χ1) is 10.9. The summed E-state index contributed by atoms with van der Waals surface area (Å²) in [4.78, 5) is 27.0. The number of carbonyl (C=O) groups excluding carboxylic acids is 2. The Labute approximate surface area is 142 Å². The number of benzene rings is 1. The monoisotopic (exact) mass is 354 g/mol. The summed E-state index contributed by atoms with van der Waals surface area (Å²) in [5.41, 5.74) is 0.557. The zero-order chi connectivity index (χ0) is 16.8. The van der Waals surface area contributed by atoms with Gasteiger partial charge in [-0.3, -0.25) is 4.79 Å². The Hall–Kier alpha value is -2.12. The summed E-state index contributed by atoms with van der Waals surface area (Å²) in [6.45, 7) is 3.00. The molecule has 1 aromatic carbocycles. The van der Waals surface area contributed by atoms with E-state index in [9.17, 15) is 9.59 Å². The predicted molar refractivity (Wildman–Crippen MR) is 87.8 cm³/mol. The molecule has 1 N–H and O–H groups in total. The fraction of sp³-hybridized carbons (Fsp3) is 0.267. The van der Waals surface area contributed by atoms with E-state index in [0.29, 0.717) is 21.6 Å². The summed E-state index contributed by atoms with van der Waals surface area (Å²) in [6.07, 6.45) is -0.776. The largest absolute Gasteiger partial charge is 0.479 e. The van der Waals surface area contributed by atoms with Gasteiger partial charge in [0.25, 0.3) is 0 Å². The first kappa shape index (κ1) is 17.2. The van der Waals surface area contributed by atoms with Gasteiger partial charge < -0.3 is 14.8 Å². The zero-order valence-corrected chi connectivity index (χ0v) is 14.1. The lowest BCUT2D eigenvalue weighted by Crippen LogP contribution is -2.26. The lowest BCUT2D eigenvalue weighted by atomic mass is 10.3. The number of nitrogens with one attached hydrogen (secondary N) is 1. The second kappa shape index (κ2) is 7.94. The van der Waals surface area contributed by atoms with Crippen LogP contribution in [-0.4, -0.2) is 23.0 Å². The molecule has 122 valence electrons. The number of rotatable bonds is 6. The van der Waals surface area contributed by atoms with Crippen LogP contribution in [-0.2, 0) is 20.9 Å². The second-order valence-corrected chi connectivity index (χ2v) is 5.94. The van der Waals surface area contributed by atoms with E-state index in [1.807, 2.05) is 0 Å². The molecule has 1 amide bonds. The van der Waals surface area contributed by atoms with Gasteiger partial charge in [0, 0.05) is 17.3 Å². The summed E-state index contributed by atoms with van der Waals surface area (Å²) >= 11 is 7.12. The molecule has 0 spiro atoms. The minimum atomic E-state index is -0.776. The smallest absolute Gasteiger partial charge is 0.347 e. The van der Waals surface area contributed by atoms with Crippen molar-refractivity contribution in [1.82, 2.24) is 4.98 Å². The Kier molecular flexibility index (Phi) is 5.95. The van der Waals surface area contributed by atoms with Crippen LogP contribution in [0.15, 0.2) is 29.6 Å². The molecule has 0 aliphatic rings. The van der Waals surface area contributed by atoms with Crippen LogP contribution in [0.2, 0.25) is 5.02 Å². The molecule has 23 heavy (non-hydrogen) atoms. The van der Waals surface area contributed by atoms with Gasteiger partial charge in [0.2, 0.25) is 5.91 Å². The number of amides is 1. The van der Waals surface area contributed by atoms with Gasteiger partial charge in [0.15, 0.2) is 11.2 Å². The number of hydrogen-bond donors (Lipinski definition) is 1. The third-order valence-electron chi connectivity index (χ3n) is 2.64. The molecule has 1 unspecified atom stereocenters. The highest BCUT2D eigenvalue weighted by atomic mass is 35.5. The van der Waals surface area contributed by atoms with Gasteiger partial charge in [-0.25, -0.2) is 9.78 Å². The Morgan fingerprint density at radius 2 is 2.22 bits per heavy atom. The van der Waals surface area contributed by atoms with Crippen LogP contribution in [0.5, 0.6) is 5.75 Å². The third-order valence-corrected chi connectivity index (χ3v) is 3.68. The molecule has 2 rings (SSSR count). The maximum Gasteiger partial charge on any atom is 0.347 e. The van der Waals surface area contributed by atoms with Crippen molar-refractivity contribution < 1.29 is 19.1 Å². The number of nitrogens with zero attached hydrogens (tertiary/aromatic N) is 1. The van der Waals surface area contributed by atoms with E-state index in [4.69, 9.17) is 21.1 Å². The molecule has 1 atom stereocenters. The van der Waals surface area contributed by atoms with Crippen LogP contribution in [0.3, 0.4) is 0 Å². The molecule has 0 saturated carbocycles. The van der Waals surface area contributed by atoms with Gasteiger partial charge in [-0.15, -0.1) is 11.3 Å². The SMILES string of the molecule is CC(=O)Nc1nc(COC(=O)C(C)Oc2cccc(Cl)c2)cs1. The lowest BCUT2D eigenvalue weighted by molar-refractivity contribution is -0.152. The van der Waals surface area contributed by atoms with Crippen molar-refractivity contribution in [3.63, 3.8) is 0 Å². The van der Waals surface area contributed by atoms with Gasteiger partial charge in [-0.05, 0) is 25.1 Å². The maximum absolute atomic E-state index is 11.9. The number of hydrogen-bond acceptors (Lipinski definition) is 6. The van der Waals surface area contributed by atoms with E-state index in [1.54, 1.807) is 36.6 Å². The molecule has 6 nitrogen and oxygen atoms in total. The normalized spacial score (nSPS) is 11.6. The molecule has 0 saturated heterocycles. The molecule has 0 aliphatic carbocycles. The average Bonchev–Trinajstić information content (AvgIpc) is 2.91. The summed E-state index contributed by atoms with van der Waals surface area (Å²) in [6, 6.07) is 6.77. The quantitative estimate of drug-likeness (QED) is 0.805. The fourth-order valence-electron chi connectivity index (χ4n) is 1.64. The second-order valence-electron chi connectivity index (χ2n) is 4.65. The van der Waals surface area contributed by atoms with Crippen LogP contribution in [0.4, 0.5) is 5.13 Å². The number of esters is 1. The zero-order valence-electron chi connectivity index (χ0n) is 12.5. The Morgan fingerprint density at radius 1 is 1.43 bits per heavy atom. The van der Waals surface area contributed by atoms with Crippen LogP contribution >= 0.6 is 22.9 Å². The highest BCUT2D eigenvalue weighted by Crippen LogP contribution is 2.19. The average molecular weight is 355 g/mol. The van der Waals surface area contributed by atoms with Crippen molar-refractivity contribution in [3.8, 4) is 5.75 Å². The number of carbonyl (C=O) groups is 2. The van der Waals surface area contributed by atoms with E-state index >= 15 is 0 Å². The Bertz CT molecular complexity index is 704. The van der Waals surface area contributed by atoms with Gasteiger partial charge in [-0.1, -0.05) is 17.7 Å². The van der Waals surface area contributed by atoms with E-state index in [1.165, 1.54) is 18.3 Å². The summed E-state index contributed by atoms with van der Waals surface area (Å²) in [5.74, 6) is -0.228. The summed E-state index contributed by atoms with van der Waals surface area (Å²) < 4.78 is 10.6. The van der Waals surface area contributed by atoms with Gasteiger partial charge in [-0.2, -0.15) is 0 Å². The van der Waals surface area contributed by atoms with Gasteiger partial charge >= 0.3 is 5.97 Å². The summed E-state index contributed by atoms with van der Waals surface area (Å²) in [5, 5.41) is 5.26. The van der Waals surface area contributed by atoms with E-state index < -0.39 is 12.1 Å². The van der Waals surface area contributed by atoms with Crippen LogP contribution < -0.4 is 10.1 Å². The van der Waals surface area contributed by atoms with Crippen LogP contribution in [0.1, 0.15) is 19.5 Å². The number of aromatic nitrogens is 1. The summed E-state index contributed by atoms with van der Waals surface area (Å²) in [7, 11) is 0. The molecule has 8 heteroatoms. The van der Waals surface area contributed by atoms with Gasteiger partial charge in [0.1, 0.15) is 12.4 Å². The van der Waals surface area contributed by atoms with E-state index in [-0.39, 0.29) is 12.5 Å². The number of ether oxygens (including phenoxy) is 2. The number of anilines is 1. The van der Waals surface area contributed by atoms with Crippen LogP contribution in [0.25, 0.3) is 0 Å². The molecule has 0 fully saturated rings. The molecule has 1 heterocycles. The van der Waals surface area contributed by atoms with Crippen molar-refractivity contribution in [3.05, 3.63) is 40.4 Å². The first-order valence-corrected chi connectivity index (χ1v) is 8.00. The highest BCUT2D eigenvalue weighted by Gasteiger charge is 2.17.